The van der Waals surface area contributed by atoms with E-state index >= 15 is 0 Å². The fourth-order valence-electron chi connectivity index (χ4n) is 2.26. The van der Waals surface area contributed by atoms with Crippen molar-refractivity contribution >= 4 is 11.3 Å². The number of benzene rings is 1. The highest BCUT2D eigenvalue weighted by molar-refractivity contribution is 7.12. The van der Waals surface area contributed by atoms with E-state index in [1.54, 1.807) is 0 Å². The molecule has 1 aromatic heterocycles. The SMILES string of the molecule is CCNC(c1ccc(C)cc1)c1ccc(C(C)(C)C)s1. The molecule has 0 aliphatic carbocycles. The topological polar surface area (TPSA) is 12.0 Å². The maximum atomic E-state index is 3.61. The van der Waals surface area contributed by atoms with Crippen molar-refractivity contribution in [3.8, 4) is 0 Å². The summed E-state index contributed by atoms with van der Waals surface area (Å²) in [6.45, 7) is 12.1. The standard InChI is InChI=1S/C18H25NS/c1-6-19-17(14-9-7-13(2)8-10-14)15-11-12-16(20-15)18(3,4)5/h7-12,17,19H,6H2,1-5H3. The first-order chi connectivity index (χ1) is 9.41. The number of hydrogen-bond donors (Lipinski definition) is 1. The van der Waals surface area contributed by atoms with Crippen molar-refractivity contribution in [2.24, 2.45) is 0 Å². The van der Waals surface area contributed by atoms with Crippen molar-refractivity contribution in [3.05, 3.63) is 57.3 Å². The first-order valence-corrected chi connectivity index (χ1v) is 8.13. The Morgan fingerprint density at radius 2 is 1.70 bits per heavy atom. The van der Waals surface area contributed by atoms with Crippen molar-refractivity contribution in [2.75, 3.05) is 6.54 Å². The molecule has 0 aliphatic rings. The Hall–Kier alpha value is -1.12. The molecule has 0 bridgehead atoms. The molecule has 0 amide bonds. The predicted octanol–water partition coefficient (Wildman–Crippen LogP) is 5.05. The Kier molecular flexibility index (Phi) is 4.66. The maximum Gasteiger partial charge on any atom is 0.0671 e. The zero-order valence-corrected chi connectivity index (χ0v) is 14.0. The molecule has 1 nitrogen and oxygen atoms in total. The molecule has 2 aromatic rings. The van der Waals surface area contributed by atoms with E-state index in [0.29, 0.717) is 6.04 Å². The molecule has 1 N–H and O–H groups in total. The second-order valence-electron chi connectivity index (χ2n) is 6.35. The van der Waals surface area contributed by atoms with Gasteiger partial charge in [-0.1, -0.05) is 57.5 Å². The molecule has 0 saturated carbocycles. The summed E-state index contributed by atoms with van der Waals surface area (Å²) >= 11 is 1.92. The molecule has 1 atom stereocenters. The summed E-state index contributed by atoms with van der Waals surface area (Å²) < 4.78 is 0. The molecular formula is C18H25NS. The summed E-state index contributed by atoms with van der Waals surface area (Å²) in [6, 6.07) is 13.7. The van der Waals surface area contributed by atoms with E-state index < -0.39 is 0 Å². The van der Waals surface area contributed by atoms with Gasteiger partial charge in [-0.15, -0.1) is 11.3 Å². The average Bonchev–Trinajstić information content (AvgIpc) is 2.86. The van der Waals surface area contributed by atoms with E-state index in [-0.39, 0.29) is 5.41 Å². The van der Waals surface area contributed by atoms with Gasteiger partial charge in [-0.25, -0.2) is 0 Å². The number of hydrogen-bond acceptors (Lipinski definition) is 2. The minimum absolute atomic E-state index is 0.229. The lowest BCUT2D eigenvalue weighted by Crippen LogP contribution is -2.21. The highest BCUT2D eigenvalue weighted by Crippen LogP contribution is 2.34. The van der Waals surface area contributed by atoms with Crippen molar-refractivity contribution in [3.63, 3.8) is 0 Å². The van der Waals surface area contributed by atoms with Crippen LogP contribution in [0.15, 0.2) is 36.4 Å². The third-order valence-electron chi connectivity index (χ3n) is 3.47. The Balaban J connectivity index is 2.33. The van der Waals surface area contributed by atoms with Crippen LogP contribution in [0.25, 0.3) is 0 Å². The second kappa shape index (κ2) is 6.11. The van der Waals surface area contributed by atoms with E-state index in [0.717, 1.165) is 6.54 Å². The lowest BCUT2D eigenvalue weighted by atomic mass is 9.95. The van der Waals surface area contributed by atoms with Crippen LogP contribution in [-0.2, 0) is 5.41 Å². The van der Waals surface area contributed by atoms with Crippen LogP contribution in [0.4, 0.5) is 0 Å². The van der Waals surface area contributed by atoms with Crippen LogP contribution < -0.4 is 5.32 Å². The quantitative estimate of drug-likeness (QED) is 0.829. The Labute approximate surface area is 127 Å². The first kappa shape index (κ1) is 15.3. The minimum atomic E-state index is 0.229. The van der Waals surface area contributed by atoms with Crippen molar-refractivity contribution in [1.29, 1.82) is 0 Å². The van der Waals surface area contributed by atoms with E-state index in [2.05, 4.69) is 76.3 Å². The van der Waals surface area contributed by atoms with E-state index in [9.17, 15) is 0 Å². The molecule has 108 valence electrons. The lowest BCUT2D eigenvalue weighted by molar-refractivity contribution is 0.604. The van der Waals surface area contributed by atoms with E-state index in [1.165, 1.54) is 20.9 Å². The molecule has 2 heteroatoms. The highest BCUT2D eigenvalue weighted by atomic mass is 32.1. The molecule has 0 aliphatic heterocycles. The van der Waals surface area contributed by atoms with Gasteiger partial charge in [0.25, 0.3) is 0 Å². The summed E-state index contributed by atoms with van der Waals surface area (Å²) in [6.07, 6.45) is 0. The van der Waals surface area contributed by atoms with Crippen molar-refractivity contribution in [2.45, 2.75) is 46.1 Å². The Morgan fingerprint density at radius 3 is 2.20 bits per heavy atom. The maximum absolute atomic E-state index is 3.61. The zero-order valence-electron chi connectivity index (χ0n) is 13.2. The van der Waals surface area contributed by atoms with Gasteiger partial charge in [0.2, 0.25) is 0 Å². The number of thiophene rings is 1. The van der Waals surface area contributed by atoms with Crippen LogP contribution >= 0.6 is 11.3 Å². The summed E-state index contributed by atoms with van der Waals surface area (Å²) in [5.74, 6) is 0. The molecule has 0 fully saturated rings. The molecule has 1 aromatic carbocycles. The van der Waals surface area contributed by atoms with Crippen LogP contribution in [0.2, 0.25) is 0 Å². The van der Waals surface area contributed by atoms with Gasteiger partial charge in [0.1, 0.15) is 0 Å². The van der Waals surface area contributed by atoms with Gasteiger partial charge in [-0.2, -0.15) is 0 Å². The fourth-order valence-corrected chi connectivity index (χ4v) is 3.43. The Morgan fingerprint density at radius 1 is 1.05 bits per heavy atom. The molecule has 2 rings (SSSR count). The van der Waals surface area contributed by atoms with Crippen LogP contribution in [0.5, 0.6) is 0 Å². The second-order valence-corrected chi connectivity index (χ2v) is 7.47. The van der Waals surface area contributed by atoms with Crippen molar-refractivity contribution < 1.29 is 0 Å². The average molecular weight is 287 g/mol. The van der Waals surface area contributed by atoms with E-state index in [1.807, 2.05) is 11.3 Å². The van der Waals surface area contributed by atoms with Crippen molar-refractivity contribution in [1.82, 2.24) is 5.32 Å². The third kappa shape index (κ3) is 3.50. The first-order valence-electron chi connectivity index (χ1n) is 7.32. The van der Waals surface area contributed by atoms with Gasteiger partial charge in [0.05, 0.1) is 6.04 Å². The van der Waals surface area contributed by atoms with Crippen LogP contribution in [0.3, 0.4) is 0 Å². The largest absolute Gasteiger partial charge is 0.306 e. The Bertz CT molecular complexity index is 546. The van der Waals surface area contributed by atoms with Crippen LogP contribution in [0, 0.1) is 6.92 Å². The highest BCUT2D eigenvalue weighted by Gasteiger charge is 2.20. The summed E-state index contributed by atoms with van der Waals surface area (Å²) in [5.41, 5.74) is 2.89. The third-order valence-corrected chi connectivity index (χ3v) is 5.05. The van der Waals surface area contributed by atoms with Crippen LogP contribution in [-0.4, -0.2) is 6.54 Å². The smallest absolute Gasteiger partial charge is 0.0671 e. The molecule has 0 radical (unpaired) electrons. The van der Waals surface area contributed by atoms with Gasteiger partial charge in [0, 0.05) is 9.75 Å². The van der Waals surface area contributed by atoms with Gasteiger partial charge in [-0.05, 0) is 36.6 Å². The van der Waals surface area contributed by atoms with Gasteiger partial charge >= 0.3 is 0 Å². The summed E-state index contributed by atoms with van der Waals surface area (Å²) in [7, 11) is 0. The molecular weight excluding hydrogens is 262 g/mol. The normalized spacial score (nSPS) is 13.4. The molecule has 1 heterocycles. The number of nitrogens with one attached hydrogen (secondary N) is 1. The van der Waals surface area contributed by atoms with Gasteiger partial charge in [0.15, 0.2) is 0 Å². The van der Waals surface area contributed by atoms with Crippen LogP contribution in [0.1, 0.15) is 54.6 Å². The van der Waals surface area contributed by atoms with Gasteiger partial charge in [-0.3, -0.25) is 0 Å². The minimum Gasteiger partial charge on any atom is -0.306 e. The molecule has 0 spiro atoms. The summed E-state index contributed by atoms with van der Waals surface area (Å²) in [4.78, 5) is 2.85. The van der Waals surface area contributed by atoms with Gasteiger partial charge < -0.3 is 5.32 Å². The number of rotatable bonds is 4. The molecule has 0 saturated heterocycles. The molecule has 20 heavy (non-hydrogen) atoms. The number of aryl methyl sites for hydroxylation is 1. The fraction of sp³-hybridized carbons (Fsp3) is 0.444. The zero-order chi connectivity index (χ0) is 14.8. The van der Waals surface area contributed by atoms with E-state index in [4.69, 9.17) is 0 Å². The summed E-state index contributed by atoms with van der Waals surface area (Å²) in [5, 5.41) is 3.61. The monoisotopic (exact) mass is 287 g/mol. The predicted molar refractivity (Wildman–Crippen MR) is 89.7 cm³/mol. The molecule has 1 unspecified atom stereocenters. The lowest BCUT2D eigenvalue weighted by Gasteiger charge is -2.18.